The molecule has 0 radical (unpaired) electrons. The molecule has 1 unspecified atom stereocenters. The quantitative estimate of drug-likeness (QED) is 0.629. The molecule has 0 fully saturated rings. The van der Waals surface area contributed by atoms with Crippen molar-refractivity contribution in [2.45, 2.75) is 37.6 Å². The first-order valence-corrected chi connectivity index (χ1v) is 7.21. The van der Waals surface area contributed by atoms with Gasteiger partial charge >= 0.3 is 0 Å². The zero-order valence-electron chi connectivity index (χ0n) is 10.6. The summed E-state index contributed by atoms with van der Waals surface area (Å²) in [5.41, 5.74) is 7.03. The molecule has 0 aliphatic rings. The minimum Gasteiger partial charge on any atom is -0.398 e. The summed E-state index contributed by atoms with van der Waals surface area (Å²) in [4.78, 5) is 0.168. The highest BCUT2D eigenvalue weighted by molar-refractivity contribution is 7.89. The third-order valence-electron chi connectivity index (χ3n) is 2.74. The van der Waals surface area contributed by atoms with E-state index < -0.39 is 10.0 Å². The van der Waals surface area contributed by atoms with E-state index in [2.05, 4.69) is 10.6 Å². The van der Waals surface area contributed by atoms with Gasteiger partial charge in [-0.1, -0.05) is 13.0 Å². The Balaban J connectivity index is 2.99. The Hall–Kier alpha value is -1.51. The van der Waals surface area contributed by atoms with Crippen LogP contribution in [0.4, 0.5) is 5.69 Å². The van der Waals surface area contributed by atoms with E-state index in [0.717, 1.165) is 5.56 Å². The highest BCUT2D eigenvalue weighted by Gasteiger charge is 2.18. The number of rotatable bonds is 5. The second kappa shape index (κ2) is 5.89. The fourth-order valence-corrected chi connectivity index (χ4v) is 2.84. The molecule has 0 heterocycles. The Morgan fingerprint density at radius 3 is 2.67 bits per heavy atom. The molecular weight excluding hydrogens is 248 g/mol. The van der Waals surface area contributed by atoms with Crippen molar-refractivity contribution in [3.05, 3.63) is 23.8 Å². The van der Waals surface area contributed by atoms with E-state index in [1.807, 2.05) is 13.8 Å². The van der Waals surface area contributed by atoms with Gasteiger partial charge in [-0.25, -0.2) is 13.1 Å². The van der Waals surface area contributed by atoms with Gasteiger partial charge in [-0.15, -0.1) is 12.3 Å². The second-order valence-electron chi connectivity index (χ2n) is 4.15. The molecule has 4 nitrogen and oxygen atoms in total. The average Bonchev–Trinajstić information content (AvgIpc) is 2.31. The molecule has 0 aliphatic carbocycles. The van der Waals surface area contributed by atoms with Crippen LogP contribution in [0.5, 0.6) is 0 Å². The SMILES string of the molecule is C#CCC(CC)NS(=O)(=O)c1ccc(C)c(N)c1. The molecule has 0 spiro atoms. The van der Waals surface area contributed by atoms with Crippen molar-refractivity contribution in [2.24, 2.45) is 0 Å². The zero-order chi connectivity index (χ0) is 13.8. The van der Waals surface area contributed by atoms with Crippen molar-refractivity contribution >= 4 is 15.7 Å². The summed E-state index contributed by atoms with van der Waals surface area (Å²) in [6.07, 6.45) is 6.22. The van der Waals surface area contributed by atoms with E-state index in [1.54, 1.807) is 6.07 Å². The Morgan fingerprint density at radius 1 is 1.50 bits per heavy atom. The van der Waals surface area contributed by atoms with E-state index in [9.17, 15) is 8.42 Å². The van der Waals surface area contributed by atoms with Crippen molar-refractivity contribution < 1.29 is 8.42 Å². The molecule has 1 aromatic rings. The fraction of sp³-hybridized carbons (Fsp3) is 0.385. The second-order valence-corrected chi connectivity index (χ2v) is 5.87. The number of hydrogen-bond donors (Lipinski definition) is 2. The van der Waals surface area contributed by atoms with Crippen LogP contribution in [0.2, 0.25) is 0 Å². The summed E-state index contributed by atoms with van der Waals surface area (Å²) < 4.78 is 26.8. The van der Waals surface area contributed by atoms with Crippen molar-refractivity contribution in [1.29, 1.82) is 0 Å². The average molecular weight is 266 g/mol. The minimum absolute atomic E-state index is 0.168. The Bertz CT molecular complexity index is 559. The van der Waals surface area contributed by atoms with Crippen LogP contribution in [-0.4, -0.2) is 14.5 Å². The number of nitrogens with one attached hydrogen (secondary N) is 1. The number of terminal acetylenes is 1. The van der Waals surface area contributed by atoms with Gasteiger partial charge < -0.3 is 5.73 Å². The van der Waals surface area contributed by atoms with E-state index in [0.29, 0.717) is 18.5 Å². The maximum atomic E-state index is 12.1. The molecular formula is C13H18N2O2S. The van der Waals surface area contributed by atoms with E-state index >= 15 is 0 Å². The predicted molar refractivity (Wildman–Crippen MR) is 73.4 cm³/mol. The lowest BCUT2D eigenvalue weighted by Crippen LogP contribution is -2.34. The first kappa shape index (κ1) is 14.6. The fourth-order valence-electron chi connectivity index (χ4n) is 1.48. The van der Waals surface area contributed by atoms with Crippen LogP contribution in [-0.2, 0) is 10.0 Å². The van der Waals surface area contributed by atoms with Crippen LogP contribution >= 0.6 is 0 Å². The van der Waals surface area contributed by atoms with Gasteiger partial charge in [0.1, 0.15) is 0 Å². The number of aryl methyl sites for hydroxylation is 1. The monoisotopic (exact) mass is 266 g/mol. The molecule has 1 atom stereocenters. The standard InChI is InChI=1S/C13H18N2O2S/c1-4-6-11(5-2)15-18(16,17)12-8-7-10(3)13(14)9-12/h1,7-9,11,15H,5-6,14H2,2-3H3. The molecule has 0 aromatic heterocycles. The summed E-state index contributed by atoms with van der Waals surface area (Å²) in [7, 11) is -3.56. The topological polar surface area (TPSA) is 72.2 Å². The number of nitrogens with two attached hydrogens (primary N) is 1. The number of hydrogen-bond acceptors (Lipinski definition) is 3. The van der Waals surface area contributed by atoms with E-state index in [1.165, 1.54) is 12.1 Å². The molecule has 5 heteroatoms. The van der Waals surface area contributed by atoms with Gasteiger partial charge in [-0.2, -0.15) is 0 Å². The van der Waals surface area contributed by atoms with Crippen LogP contribution in [0, 0.1) is 19.3 Å². The predicted octanol–water partition coefficient (Wildman–Crippen LogP) is 1.66. The maximum Gasteiger partial charge on any atom is 0.240 e. The van der Waals surface area contributed by atoms with Crippen molar-refractivity contribution in [2.75, 3.05) is 5.73 Å². The first-order valence-electron chi connectivity index (χ1n) is 5.72. The summed E-state index contributed by atoms with van der Waals surface area (Å²) in [5.74, 6) is 2.46. The molecule has 0 saturated carbocycles. The van der Waals surface area contributed by atoms with E-state index in [4.69, 9.17) is 12.2 Å². The normalized spacial score (nSPS) is 12.9. The van der Waals surface area contributed by atoms with Gasteiger partial charge in [-0.05, 0) is 31.0 Å². The number of benzene rings is 1. The Labute approximate surface area is 109 Å². The summed E-state index contributed by atoms with van der Waals surface area (Å²) in [5, 5.41) is 0. The molecule has 3 N–H and O–H groups in total. The van der Waals surface area contributed by atoms with Crippen LogP contribution in [0.1, 0.15) is 25.3 Å². The first-order chi connectivity index (χ1) is 8.40. The zero-order valence-corrected chi connectivity index (χ0v) is 11.4. The molecule has 18 heavy (non-hydrogen) atoms. The van der Waals surface area contributed by atoms with Crippen LogP contribution in [0.25, 0.3) is 0 Å². The van der Waals surface area contributed by atoms with Crippen molar-refractivity contribution in [3.8, 4) is 12.3 Å². The van der Waals surface area contributed by atoms with E-state index in [-0.39, 0.29) is 10.9 Å². The van der Waals surface area contributed by atoms with Crippen LogP contribution in [0.3, 0.4) is 0 Å². The molecule has 0 bridgehead atoms. The minimum atomic E-state index is -3.56. The third kappa shape index (κ3) is 3.49. The molecule has 1 aromatic carbocycles. The van der Waals surface area contributed by atoms with Crippen molar-refractivity contribution in [3.63, 3.8) is 0 Å². The third-order valence-corrected chi connectivity index (χ3v) is 4.26. The number of nitrogen functional groups attached to an aromatic ring is 1. The molecule has 0 amide bonds. The van der Waals surface area contributed by atoms with Gasteiger partial charge in [0.15, 0.2) is 0 Å². The number of sulfonamides is 1. The Morgan fingerprint density at radius 2 is 2.17 bits per heavy atom. The van der Waals surface area contributed by atoms with Gasteiger partial charge in [0, 0.05) is 18.2 Å². The van der Waals surface area contributed by atoms with Gasteiger partial charge in [0.2, 0.25) is 10.0 Å². The van der Waals surface area contributed by atoms with Gasteiger partial charge in [0.05, 0.1) is 4.90 Å². The van der Waals surface area contributed by atoms with Crippen molar-refractivity contribution in [1.82, 2.24) is 4.72 Å². The van der Waals surface area contributed by atoms with Crippen LogP contribution < -0.4 is 10.5 Å². The Kier molecular flexibility index (Phi) is 4.76. The van der Waals surface area contributed by atoms with Gasteiger partial charge in [0.25, 0.3) is 0 Å². The summed E-state index contributed by atoms with van der Waals surface area (Å²) in [6.45, 7) is 3.71. The maximum absolute atomic E-state index is 12.1. The lowest BCUT2D eigenvalue weighted by molar-refractivity contribution is 0.544. The smallest absolute Gasteiger partial charge is 0.240 e. The number of anilines is 1. The largest absolute Gasteiger partial charge is 0.398 e. The lowest BCUT2D eigenvalue weighted by atomic mass is 10.2. The molecule has 98 valence electrons. The van der Waals surface area contributed by atoms with Gasteiger partial charge in [-0.3, -0.25) is 0 Å². The molecule has 1 rings (SSSR count). The summed E-state index contributed by atoms with van der Waals surface area (Å²) >= 11 is 0. The highest BCUT2D eigenvalue weighted by atomic mass is 32.2. The molecule has 0 saturated heterocycles. The highest BCUT2D eigenvalue weighted by Crippen LogP contribution is 2.17. The molecule has 0 aliphatic heterocycles. The lowest BCUT2D eigenvalue weighted by Gasteiger charge is -2.15. The summed E-state index contributed by atoms with van der Waals surface area (Å²) in [6, 6.07) is 4.44. The van der Waals surface area contributed by atoms with Crippen LogP contribution in [0.15, 0.2) is 23.1 Å².